The summed E-state index contributed by atoms with van der Waals surface area (Å²) < 4.78 is 0. The lowest BCUT2D eigenvalue weighted by Crippen LogP contribution is -2.13. The van der Waals surface area contributed by atoms with Crippen molar-refractivity contribution in [3.63, 3.8) is 0 Å². The minimum absolute atomic E-state index is 0.744. The van der Waals surface area contributed by atoms with Crippen molar-refractivity contribution in [1.82, 2.24) is 0 Å². The summed E-state index contributed by atoms with van der Waals surface area (Å²) in [6.07, 6.45) is 15.3. The van der Waals surface area contributed by atoms with Gasteiger partial charge in [-0.1, -0.05) is 43.1 Å². The van der Waals surface area contributed by atoms with Crippen molar-refractivity contribution in [2.24, 2.45) is 0 Å². The lowest BCUT2D eigenvalue weighted by molar-refractivity contribution is 0.515. The standard InChI is InChI=1S/C13H20S/c1-11(12-7-5-6-8-12)14-13-9-3-2-4-10-13/h5-7,11,13H,2-4,8-10H2,1H3. The lowest BCUT2D eigenvalue weighted by Gasteiger charge is -2.24. The van der Waals surface area contributed by atoms with Crippen molar-refractivity contribution in [3.8, 4) is 0 Å². The number of hydrogen-bond donors (Lipinski definition) is 0. The molecule has 2 rings (SSSR count). The quantitative estimate of drug-likeness (QED) is 0.665. The van der Waals surface area contributed by atoms with Gasteiger partial charge >= 0.3 is 0 Å². The van der Waals surface area contributed by atoms with Crippen LogP contribution in [0.3, 0.4) is 0 Å². The third kappa shape index (κ3) is 2.66. The predicted octanol–water partition coefficient (Wildman–Crippen LogP) is 4.33. The summed E-state index contributed by atoms with van der Waals surface area (Å²) in [7, 11) is 0. The van der Waals surface area contributed by atoms with Gasteiger partial charge < -0.3 is 0 Å². The molecule has 0 aromatic rings. The monoisotopic (exact) mass is 208 g/mol. The van der Waals surface area contributed by atoms with Crippen molar-refractivity contribution >= 4 is 11.8 Å². The molecule has 0 heterocycles. The van der Waals surface area contributed by atoms with Crippen molar-refractivity contribution < 1.29 is 0 Å². The molecule has 78 valence electrons. The van der Waals surface area contributed by atoms with Crippen LogP contribution in [0.25, 0.3) is 0 Å². The first kappa shape index (κ1) is 10.4. The molecule has 0 saturated heterocycles. The Morgan fingerprint density at radius 1 is 1.29 bits per heavy atom. The van der Waals surface area contributed by atoms with Gasteiger partial charge in [-0.3, -0.25) is 0 Å². The largest absolute Gasteiger partial charge is 0.151 e. The average Bonchev–Trinajstić information content (AvgIpc) is 2.72. The van der Waals surface area contributed by atoms with E-state index in [0.717, 1.165) is 10.5 Å². The molecule has 0 amide bonds. The van der Waals surface area contributed by atoms with Crippen LogP contribution < -0.4 is 0 Å². The molecule has 1 saturated carbocycles. The van der Waals surface area contributed by atoms with Crippen LogP contribution in [0, 0.1) is 0 Å². The number of rotatable bonds is 3. The van der Waals surface area contributed by atoms with Crippen LogP contribution in [-0.2, 0) is 0 Å². The SMILES string of the molecule is CC(SC1CCCCC1)C1=CC=CC1. The Bertz CT molecular complexity index is 234. The van der Waals surface area contributed by atoms with Gasteiger partial charge in [0.25, 0.3) is 0 Å². The first-order valence-electron chi connectivity index (χ1n) is 5.87. The van der Waals surface area contributed by atoms with E-state index in [1.807, 2.05) is 0 Å². The maximum atomic E-state index is 2.37. The maximum absolute atomic E-state index is 2.37. The zero-order chi connectivity index (χ0) is 9.80. The van der Waals surface area contributed by atoms with Crippen LogP contribution in [-0.4, -0.2) is 10.5 Å². The Morgan fingerprint density at radius 2 is 2.07 bits per heavy atom. The van der Waals surface area contributed by atoms with Crippen LogP contribution >= 0.6 is 11.8 Å². The van der Waals surface area contributed by atoms with Gasteiger partial charge in [0, 0.05) is 10.5 Å². The molecule has 0 aromatic heterocycles. The summed E-state index contributed by atoms with van der Waals surface area (Å²) in [5.41, 5.74) is 1.63. The molecule has 14 heavy (non-hydrogen) atoms. The van der Waals surface area contributed by atoms with E-state index in [0.29, 0.717) is 0 Å². The second-order valence-corrected chi connectivity index (χ2v) is 6.06. The molecule has 0 nitrogen and oxygen atoms in total. The van der Waals surface area contributed by atoms with Gasteiger partial charge in [0.15, 0.2) is 0 Å². The van der Waals surface area contributed by atoms with Crippen LogP contribution in [0.15, 0.2) is 23.8 Å². The van der Waals surface area contributed by atoms with Gasteiger partial charge in [-0.15, -0.1) is 0 Å². The molecule has 2 aliphatic carbocycles. The fraction of sp³-hybridized carbons (Fsp3) is 0.692. The Morgan fingerprint density at radius 3 is 2.71 bits per heavy atom. The molecule has 1 fully saturated rings. The molecule has 1 heteroatoms. The van der Waals surface area contributed by atoms with E-state index < -0.39 is 0 Å². The number of hydrogen-bond acceptors (Lipinski definition) is 1. The summed E-state index contributed by atoms with van der Waals surface area (Å²) in [5, 5.41) is 1.69. The van der Waals surface area contributed by atoms with E-state index in [4.69, 9.17) is 0 Å². The van der Waals surface area contributed by atoms with Gasteiger partial charge in [0.1, 0.15) is 0 Å². The Labute approximate surface area is 91.9 Å². The van der Waals surface area contributed by atoms with E-state index in [1.54, 1.807) is 5.57 Å². The lowest BCUT2D eigenvalue weighted by atomic mass is 10.0. The number of allylic oxidation sites excluding steroid dienone is 3. The summed E-state index contributed by atoms with van der Waals surface area (Å²) in [5.74, 6) is 0. The summed E-state index contributed by atoms with van der Waals surface area (Å²) in [6.45, 7) is 2.37. The first-order chi connectivity index (χ1) is 6.86. The molecule has 0 bridgehead atoms. The molecular formula is C13H20S. The van der Waals surface area contributed by atoms with E-state index in [9.17, 15) is 0 Å². The molecule has 0 spiro atoms. The molecule has 1 atom stereocenters. The molecule has 0 aliphatic heterocycles. The predicted molar refractivity (Wildman–Crippen MR) is 65.8 cm³/mol. The van der Waals surface area contributed by atoms with Crippen molar-refractivity contribution in [3.05, 3.63) is 23.8 Å². The fourth-order valence-corrected chi connectivity index (χ4v) is 3.87. The normalized spacial score (nSPS) is 25.1. The Balaban J connectivity index is 1.78. The first-order valence-corrected chi connectivity index (χ1v) is 6.81. The highest BCUT2D eigenvalue weighted by atomic mass is 32.2. The van der Waals surface area contributed by atoms with Crippen LogP contribution in [0.2, 0.25) is 0 Å². The Kier molecular flexibility index (Phi) is 3.74. The summed E-state index contributed by atoms with van der Waals surface area (Å²) in [4.78, 5) is 0. The van der Waals surface area contributed by atoms with Gasteiger partial charge in [0.05, 0.1) is 0 Å². The zero-order valence-corrected chi connectivity index (χ0v) is 9.85. The molecule has 2 aliphatic rings. The van der Waals surface area contributed by atoms with Crippen molar-refractivity contribution in [2.75, 3.05) is 0 Å². The highest BCUT2D eigenvalue weighted by Gasteiger charge is 2.19. The zero-order valence-electron chi connectivity index (χ0n) is 9.04. The second-order valence-electron chi connectivity index (χ2n) is 4.41. The molecule has 0 aromatic carbocycles. The van der Waals surface area contributed by atoms with Crippen molar-refractivity contribution in [1.29, 1.82) is 0 Å². The van der Waals surface area contributed by atoms with E-state index in [-0.39, 0.29) is 0 Å². The van der Waals surface area contributed by atoms with Gasteiger partial charge in [-0.25, -0.2) is 0 Å². The minimum atomic E-state index is 0.744. The third-order valence-electron chi connectivity index (χ3n) is 3.27. The molecule has 1 unspecified atom stereocenters. The molecule has 0 N–H and O–H groups in total. The second kappa shape index (κ2) is 5.06. The van der Waals surface area contributed by atoms with Gasteiger partial charge in [-0.2, -0.15) is 11.8 Å². The van der Waals surface area contributed by atoms with E-state index >= 15 is 0 Å². The average molecular weight is 208 g/mol. The smallest absolute Gasteiger partial charge is 0.0237 e. The van der Waals surface area contributed by atoms with Crippen molar-refractivity contribution in [2.45, 2.75) is 55.9 Å². The van der Waals surface area contributed by atoms with Gasteiger partial charge in [0.2, 0.25) is 0 Å². The van der Waals surface area contributed by atoms with Crippen LogP contribution in [0.5, 0.6) is 0 Å². The third-order valence-corrected chi connectivity index (χ3v) is 4.84. The van der Waals surface area contributed by atoms with Crippen LogP contribution in [0.4, 0.5) is 0 Å². The Hall–Kier alpha value is -0.170. The highest BCUT2D eigenvalue weighted by molar-refractivity contribution is 8.00. The summed E-state index contributed by atoms with van der Waals surface area (Å²) >= 11 is 2.21. The molecular weight excluding hydrogens is 188 g/mol. The van der Waals surface area contributed by atoms with Gasteiger partial charge in [-0.05, 0) is 26.2 Å². The summed E-state index contributed by atoms with van der Waals surface area (Å²) in [6, 6.07) is 0. The van der Waals surface area contributed by atoms with E-state index in [1.165, 1.54) is 38.5 Å². The minimum Gasteiger partial charge on any atom is -0.151 e. The topological polar surface area (TPSA) is 0 Å². The fourth-order valence-electron chi connectivity index (χ4n) is 2.34. The van der Waals surface area contributed by atoms with Crippen LogP contribution in [0.1, 0.15) is 45.4 Å². The highest BCUT2D eigenvalue weighted by Crippen LogP contribution is 2.35. The van der Waals surface area contributed by atoms with E-state index in [2.05, 4.69) is 36.9 Å². The molecule has 0 radical (unpaired) electrons. The number of thioether (sulfide) groups is 1. The maximum Gasteiger partial charge on any atom is 0.0237 e.